The van der Waals surface area contributed by atoms with Crippen molar-refractivity contribution in [2.45, 2.75) is 11.8 Å². The summed E-state index contributed by atoms with van der Waals surface area (Å²) in [5, 5.41) is 0.227. The fourth-order valence-corrected chi connectivity index (χ4v) is 3.24. The molecule has 0 saturated heterocycles. The van der Waals surface area contributed by atoms with Gasteiger partial charge in [0, 0.05) is 0 Å². The predicted molar refractivity (Wildman–Crippen MR) is 77.7 cm³/mol. The number of carbonyl (C=O) groups is 2. The van der Waals surface area contributed by atoms with Gasteiger partial charge in [-0.1, -0.05) is 11.6 Å². The maximum Gasteiger partial charge on any atom is 0.244 e. The number of hydrogen-bond donors (Lipinski definition) is 3. The van der Waals surface area contributed by atoms with E-state index in [0.29, 0.717) is 9.87 Å². The van der Waals surface area contributed by atoms with Crippen molar-refractivity contribution in [2.24, 2.45) is 11.5 Å². The molecule has 2 amide bonds. The first kappa shape index (κ1) is 17.2. The number of benzene rings is 1. The van der Waals surface area contributed by atoms with Crippen LogP contribution >= 0.6 is 11.6 Å². The number of carbonyl (C=O) groups excluding carboxylic acids is 2. The van der Waals surface area contributed by atoms with E-state index in [2.05, 4.69) is 0 Å². The number of nitrogen functional groups attached to an aromatic ring is 1. The van der Waals surface area contributed by atoms with Crippen molar-refractivity contribution in [3.63, 3.8) is 0 Å². The standard InChI is InChI=1S/C11H15ClN4O4S/c1-6-2-7(3-8(13)11(6)12)21(19,20)16(4-9(14)17)5-10(15)18/h2-3H,4-5,13H2,1H3,(H2,14,17)(H2,15,18). The molecule has 0 aliphatic heterocycles. The minimum absolute atomic E-state index is 0.0633. The van der Waals surface area contributed by atoms with Crippen LogP contribution in [0.1, 0.15) is 5.56 Å². The number of halogens is 1. The molecule has 0 saturated carbocycles. The topological polar surface area (TPSA) is 150 Å². The van der Waals surface area contributed by atoms with Crippen LogP contribution < -0.4 is 17.2 Å². The SMILES string of the molecule is Cc1cc(S(=O)(=O)N(CC(N)=O)CC(N)=O)cc(N)c1Cl. The highest BCUT2D eigenvalue weighted by Crippen LogP contribution is 2.28. The first-order valence-electron chi connectivity index (χ1n) is 5.68. The van der Waals surface area contributed by atoms with Crippen molar-refractivity contribution in [3.8, 4) is 0 Å². The first-order valence-corrected chi connectivity index (χ1v) is 7.50. The van der Waals surface area contributed by atoms with Crippen molar-refractivity contribution in [1.82, 2.24) is 4.31 Å². The van der Waals surface area contributed by atoms with Gasteiger partial charge in [-0.3, -0.25) is 9.59 Å². The molecule has 0 heterocycles. The van der Waals surface area contributed by atoms with E-state index in [1.807, 2.05) is 0 Å². The minimum atomic E-state index is -4.16. The Morgan fingerprint density at radius 2 is 1.67 bits per heavy atom. The molecule has 6 N–H and O–H groups in total. The molecule has 1 aromatic rings. The molecule has 8 nitrogen and oxygen atoms in total. The van der Waals surface area contributed by atoms with Crippen LogP contribution in [0.15, 0.2) is 17.0 Å². The molecular formula is C11H15ClN4O4S. The van der Waals surface area contributed by atoms with Crippen molar-refractivity contribution in [1.29, 1.82) is 0 Å². The average molecular weight is 335 g/mol. The van der Waals surface area contributed by atoms with E-state index < -0.39 is 34.9 Å². The Balaban J connectivity index is 3.34. The average Bonchev–Trinajstić information content (AvgIpc) is 2.33. The summed E-state index contributed by atoms with van der Waals surface area (Å²) < 4.78 is 25.4. The second kappa shape index (κ2) is 6.29. The molecule has 0 unspecified atom stereocenters. The third-order valence-corrected chi connectivity index (χ3v) is 4.84. The Morgan fingerprint density at radius 3 is 2.05 bits per heavy atom. The Labute approximate surface area is 126 Å². The molecule has 0 aliphatic carbocycles. The summed E-state index contributed by atoms with van der Waals surface area (Å²) in [6.07, 6.45) is 0. The molecule has 0 radical (unpaired) electrons. The summed E-state index contributed by atoms with van der Waals surface area (Å²) in [5.41, 5.74) is 16.1. The van der Waals surface area contributed by atoms with Crippen molar-refractivity contribution in [3.05, 3.63) is 22.7 Å². The lowest BCUT2D eigenvalue weighted by molar-refractivity contribution is -0.120. The van der Waals surface area contributed by atoms with E-state index in [4.69, 9.17) is 28.8 Å². The normalized spacial score (nSPS) is 11.6. The van der Waals surface area contributed by atoms with Crippen LogP contribution in [0.4, 0.5) is 5.69 Å². The van der Waals surface area contributed by atoms with E-state index in [9.17, 15) is 18.0 Å². The maximum atomic E-state index is 12.4. The Hall–Kier alpha value is -1.84. The lowest BCUT2D eigenvalue weighted by Crippen LogP contribution is -2.43. The first-order chi connectivity index (χ1) is 9.55. The molecule has 116 valence electrons. The van der Waals surface area contributed by atoms with Crippen LogP contribution in [-0.4, -0.2) is 37.6 Å². The largest absolute Gasteiger partial charge is 0.397 e. The monoisotopic (exact) mass is 334 g/mol. The van der Waals surface area contributed by atoms with Crippen molar-refractivity contribution < 1.29 is 18.0 Å². The van der Waals surface area contributed by atoms with Gasteiger partial charge in [0.25, 0.3) is 0 Å². The highest BCUT2D eigenvalue weighted by atomic mass is 35.5. The maximum absolute atomic E-state index is 12.4. The lowest BCUT2D eigenvalue weighted by atomic mass is 10.2. The number of rotatable bonds is 6. The number of sulfonamides is 1. The number of aryl methyl sites for hydroxylation is 1. The Kier molecular flexibility index (Phi) is 5.15. The summed E-state index contributed by atoms with van der Waals surface area (Å²) >= 11 is 5.87. The second-order valence-corrected chi connectivity index (χ2v) is 6.67. The molecule has 1 rings (SSSR count). The molecule has 0 fully saturated rings. The van der Waals surface area contributed by atoms with Crippen LogP contribution in [0, 0.1) is 6.92 Å². The summed E-state index contributed by atoms with van der Waals surface area (Å²) in [6.45, 7) is 0.226. The van der Waals surface area contributed by atoms with Crippen molar-refractivity contribution >= 4 is 39.1 Å². The fraction of sp³-hybridized carbons (Fsp3) is 0.273. The molecule has 0 spiro atoms. The molecule has 21 heavy (non-hydrogen) atoms. The van der Waals surface area contributed by atoms with Gasteiger partial charge in [-0.2, -0.15) is 4.31 Å². The highest BCUT2D eigenvalue weighted by Gasteiger charge is 2.28. The van der Waals surface area contributed by atoms with E-state index in [1.54, 1.807) is 6.92 Å². The van der Waals surface area contributed by atoms with Gasteiger partial charge in [-0.15, -0.1) is 0 Å². The molecule has 0 aliphatic rings. The molecule has 0 bridgehead atoms. The number of primary amides is 2. The van der Waals surface area contributed by atoms with Gasteiger partial charge < -0.3 is 17.2 Å². The second-order valence-electron chi connectivity index (χ2n) is 4.35. The zero-order valence-electron chi connectivity index (χ0n) is 11.2. The summed E-state index contributed by atoms with van der Waals surface area (Å²) in [7, 11) is -4.16. The third-order valence-electron chi connectivity index (χ3n) is 2.56. The van der Waals surface area contributed by atoms with Gasteiger partial charge in [-0.25, -0.2) is 8.42 Å². The van der Waals surface area contributed by atoms with E-state index in [0.717, 1.165) is 6.07 Å². The highest BCUT2D eigenvalue weighted by molar-refractivity contribution is 7.89. The fourth-order valence-electron chi connectivity index (χ4n) is 1.63. The number of nitrogens with zero attached hydrogens (tertiary/aromatic N) is 1. The summed E-state index contributed by atoms with van der Waals surface area (Å²) in [5.74, 6) is -1.84. The molecule has 10 heteroatoms. The van der Waals surface area contributed by atoms with E-state index in [-0.39, 0.29) is 15.6 Å². The summed E-state index contributed by atoms with van der Waals surface area (Å²) in [4.78, 5) is 21.7. The van der Waals surface area contributed by atoms with Gasteiger partial charge >= 0.3 is 0 Å². The smallest absolute Gasteiger partial charge is 0.244 e. The number of nitrogens with two attached hydrogens (primary N) is 3. The van der Waals surface area contributed by atoms with Crippen LogP contribution in [0.3, 0.4) is 0 Å². The molecular weight excluding hydrogens is 320 g/mol. The van der Waals surface area contributed by atoms with Gasteiger partial charge in [0.2, 0.25) is 21.8 Å². The number of hydrogen-bond acceptors (Lipinski definition) is 5. The van der Waals surface area contributed by atoms with Gasteiger partial charge in [-0.05, 0) is 24.6 Å². The van der Waals surface area contributed by atoms with Gasteiger partial charge in [0.15, 0.2) is 0 Å². The zero-order valence-corrected chi connectivity index (χ0v) is 12.7. The van der Waals surface area contributed by atoms with Crippen LogP contribution in [0.25, 0.3) is 0 Å². The zero-order chi connectivity index (χ0) is 16.4. The van der Waals surface area contributed by atoms with Crippen molar-refractivity contribution in [2.75, 3.05) is 18.8 Å². The number of anilines is 1. The summed E-state index contributed by atoms with van der Waals surface area (Å²) in [6, 6.07) is 2.42. The van der Waals surface area contributed by atoms with Gasteiger partial charge in [0.05, 0.1) is 28.7 Å². The van der Waals surface area contributed by atoms with Crippen LogP contribution in [0.5, 0.6) is 0 Å². The number of amides is 2. The van der Waals surface area contributed by atoms with Gasteiger partial charge in [0.1, 0.15) is 0 Å². The quantitative estimate of drug-likeness (QED) is 0.581. The Morgan fingerprint density at radius 1 is 1.19 bits per heavy atom. The molecule has 1 aromatic carbocycles. The van der Waals surface area contributed by atoms with E-state index >= 15 is 0 Å². The van der Waals surface area contributed by atoms with Crippen LogP contribution in [-0.2, 0) is 19.6 Å². The molecule has 0 aromatic heterocycles. The molecule has 0 atom stereocenters. The van der Waals surface area contributed by atoms with E-state index in [1.165, 1.54) is 6.07 Å². The minimum Gasteiger partial charge on any atom is -0.397 e. The van der Waals surface area contributed by atoms with Crippen LogP contribution in [0.2, 0.25) is 5.02 Å². The Bertz CT molecular complexity index is 650. The lowest BCUT2D eigenvalue weighted by Gasteiger charge is -2.20. The third kappa shape index (κ3) is 4.06. The predicted octanol–water partition coefficient (Wildman–Crippen LogP) is -0.808.